The first-order valence-corrected chi connectivity index (χ1v) is 12.7. The minimum absolute atomic E-state index is 0.308. The van der Waals surface area contributed by atoms with E-state index in [1.165, 1.54) is 44.9 Å². The van der Waals surface area contributed by atoms with Crippen LogP contribution in [0.4, 0.5) is 5.82 Å². The molecule has 33 heavy (non-hydrogen) atoms. The SMILES string of the molecule is O=C(CN1CCN(c2ccc(-c3ccncc3)nn2)CC1)N1CCC(CCC2CCC2)CC1. The number of rotatable bonds is 7. The Balaban J connectivity index is 1.03. The molecule has 0 atom stereocenters. The van der Waals surface area contributed by atoms with Crippen molar-refractivity contribution in [2.24, 2.45) is 11.8 Å². The highest BCUT2D eigenvalue weighted by Crippen LogP contribution is 2.33. The van der Waals surface area contributed by atoms with Crippen LogP contribution in [0.2, 0.25) is 0 Å². The van der Waals surface area contributed by atoms with Gasteiger partial charge in [0.05, 0.1) is 12.2 Å². The smallest absolute Gasteiger partial charge is 0.236 e. The molecule has 4 heterocycles. The molecular formula is C26H36N6O. The summed E-state index contributed by atoms with van der Waals surface area (Å²) < 4.78 is 0. The summed E-state index contributed by atoms with van der Waals surface area (Å²) in [4.78, 5) is 23.6. The number of hydrogen-bond acceptors (Lipinski definition) is 6. The molecular weight excluding hydrogens is 412 g/mol. The Morgan fingerprint density at radius 2 is 1.52 bits per heavy atom. The molecule has 0 aromatic carbocycles. The van der Waals surface area contributed by atoms with Gasteiger partial charge in [-0.1, -0.05) is 32.1 Å². The highest BCUT2D eigenvalue weighted by Gasteiger charge is 2.27. The number of carbonyl (C=O) groups excluding carboxylic acids is 1. The van der Waals surface area contributed by atoms with Crippen LogP contribution in [0.5, 0.6) is 0 Å². The van der Waals surface area contributed by atoms with Crippen molar-refractivity contribution in [3.8, 4) is 11.3 Å². The average Bonchev–Trinajstić information content (AvgIpc) is 2.85. The Bertz CT molecular complexity index is 885. The third-order valence-corrected chi connectivity index (χ3v) is 7.86. The van der Waals surface area contributed by atoms with Gasteiger partial charge in [0, 0.05) is 57.2 Å². The summed E-state index contributed by atoms with van der Waals surface area (Å²) in [5.74, 6) is 3.06. The maximum atomic E-state index is 12.9. The Morgan fingerprint density at radius 1 is 0.818 bits per heavy atom. The van der Waals surface area contributed by atoms with Crippen LogP contribution in [0.15, 0.2) is 36.7 Å². The number of hydrogen-bond donors (Lipinski definition) is 0. The first kappa shape index (κ1) is 22.3. The van der Waals surface area contributed by atoms with Gasteiger partial charge in [-0.05, 0) is 48.9 Å². The third kappa shape index (κ3) is 5.69. The number of likely N-dealkylation sites (tertiary alicyclic amines) is 1. The van der Waals surface area contributed by atoms with Gasteiger partial charge in [0.2, 0.25) is 5.91 Å². The van der Waals surface area contributed by atoms with Gasteiger partial charge >= 0.3 is 0 Å². The lowest BCUT2D eigenvalue weighted by Crippen LogP contribution is -2.51. The minimum atomic E-state index is 0.308. The predicted octanol–water partition coefficient (Wildman–Crippen LogP) is 3.48. The average molecular weight is 449 g/mol. The lowest BCUT2D eigenvalue weighted by molar-refractivity contribution is -0.133. The fraction of sp³-hybridized carbons (Fsp3) is 0.615. The number of aromatic nitrogens is 3. The van der Waals surface area contributed by atoms with E-state index in [0.717, 1.165) is 68.2 Å². The molecule has 0 radical (unpaired) electrons. The highest BCUT2D eigenvalue weighted by molar-refractivity contribution is 5.78. The zero-order valence-corrected chi connectivity index (χ0v) is 19.6. The van der Waals surface area contributed by atoms with E-state index in [2.05, 4.69) is 29.9 Å². The van der Waals surface area contributed by atoms with Crippen molar-refractivity contribution in [1.29, 1.82) is 0 Å². The Hall–Kier alpha value is -2.54. The number of pyridine rings is 1. The molecule has 1 amide bonds. The van der Waals surface area contributed by atoms with Crippen molar-refractivity contribution in [3.05, 3.63) is 36.7 Å². The molecule has 0 unspecified atom stereocenters. The Labute approximate surface area is 197 Å². The summed E-state index contributed by atoms with van der Waals surface area (Å²) in [7, 11) is 0. The topological polar surface area (TPSA) is 65.5 Å². The summed E-state index contributed by atoms with van der Waals surface area (Å²) in [6.07, 6.45) is 13.1. The van der Waals surface area contributed by atoms with Gasteiger partial charge in [0.25, 0.3) is 0 Å². The molecule has 0 spiro atoms. The van der Waals surface area contributed by atoms with Gasteiger partial charge in [-0.15, -0.1) is 10.2 Å². The van der Waals surface area contributed by atoms with E-state index in [1.54, 1.807) is 12.4 Å². The molecule has 2 aromatic rings. The second-order valence-electron chi connectivity index (χ2n) is 9.97. The van der Waals surface area contributed by atoms with E-state index >= 15 is 0 Å². The summed E-state index contributed by atoms with van der Waals surface area (Å²) in [6.45, 7) is 5.97. The van der Waals surface area contributed by atoms with Crippen molar-refractivity contribution in [3.63, 3.8) is 0 Å². The maximum Gasteiger partial charge on any atom is 0.236 e. The lowest BCUT2D eigenvalue weighted by atomic mass is 9.79. The Morgan fingerprint density at radius 3 is 2.12 bits per heavy atom. The molecule has 3 fully saturated rings. The van der Waals surface area contributed by atoms with Gasteiger partial charge < -0.3 is 9.80 Å². The van der Waals surface area contributed by atoms with Gasteiger partial charge in [0.15, 0.2) is 5.82 Å². The van der Waals surface area contributed by atoms with Crippen LogP contribution in [0, 0.1) is 11.8 Å². The number of carbonyl (C=O) groups is 1. The molecule has 0 bridgehead atoms. The van der Waals surface area contributed by atoms with Crippen LogP contribution in [0.3, 0.4) is 0 Å². The summed E-state index contributed by atoms with van der Waals surface area (Å²) in [6, 6.07) is 7.94. The predicted molar refractivity (Wildman–Crippen MR) is 130 cm³/mol. The van der Waals surface area contributed by atoms with Crippen molar-refractivity contribution < 1.29 is 4.79 Å². The van der Waals surface area contributed by atoms with E-state index in [1.807, 2.05) is 24.3 Å². The van der Waals surface area contributed by atoms with E-state index < -0.39 is 0 Å². The van der Waals surface area contributed by atoms with Crippen molar-refractivity contribution in [1.82, 2.24) is 25.0 Å². The molecule has 7 heteroatoms. The van der Waals surface area contributed by atoms with Crippen LogP contribution in [-0.4, -0.2) is 76.7 Å². The molecule has 2 aliphatic heterocycles. The highest BCUT2D eigenvalue weighted by atomic mass is 16.2. The third-order valence-electron chi connectivity index (χ3n) is 7.86. The number of piperidine rings is 1. The van der Waals surface area contributed by atoms with E-state index in [-0.39, 0.29) is 0 Å². The molecule has 176 valence electrons. The molecule has 3 aliphatic rings. The number of piperazine rings is 1. The summed E-state index contributed by atoms with van der Waals surface area (Å²) in [5.41, 5.74) is 1.88. The molecule has 7 nitrogen and oxygen atoms in total. The molecule has 2 saturated heterocycles. The van der Waals surface area contributed by atoms with Crippen molar-refractivity contribution >= 4 is 11.7 Å². The Kier molecular flexibility index (Phi) is 7.15. The second-order valence-corrected chi connectivity index (χ2v) is 9.97. The molecule has 0 N–H and O–H groups in total. The molecule has 1 aliphatic carbocycles. The van der Waals surface area contributed by atoms with Crippen LogP contribution >= 0.6 is 0 Å². The monoisotopic (exact) mass is 448 g/mol. The number of anilines is 1. The summed E-state index contributed by atoms with van der Waals surface area (Å²) in [5, 5.41) is 8.84. The van der Waals surface area contributed by atoms with E-state index in [9.17, 15) is 4.79 Å². The fourth-order valence-corrected chi connectivity index (χ4v) is 5.32. The standard InChI is InChI=1S/C26H36N6O/c33-26(32-14-10-22(11-15-32)5-4-21-2-1-3-21)20-30-16-18-31(19-17-30)25-7-6-24(28-29-25)23-8-12-27-13-9-23/h6-9,12-13,21-22H,1-5,10-11,14-20H2. The maximum absolute atomic E-state index is 12.9. The quantitative estimate of drug-likeness (QED) is 0.646. The van der Waals surface area contributed by atoms with Crippen LogP contribution in [-0.2, 0) is 4.79 Å². The van der Waals surface area contributed by atoms with Gasteiger partial charge in [0.1, 0.15) is 0 Å². The second kappa shape index (κ2) is 10.6. The van der Waals surface area contributed by atoms with Crippen molar-refractivity contribution in [2.45, 2.75) is 44.9 Å². The van der Waals surface area contributed by atoms with Gasteiger partial charge in [-0.25, -0.2) is 0 Å². The summed E-state index contributed by atoms with van der Waals surface area (Å²) >= 11 is 0. The van der Waals surface area contributed by atoms with E-state index in [4.69, 9.17) is 0 Å². The molecule has 5 rings (SSSR count). The van der Waals surface area contributed by atoms with E-state index in [0.29, 0.717) is 12.5 Å². The zero-order chi connectivity index (χ0) is 22.5. The number of nitrogens with zero attached hydrogens (tertiary/aromatic N) is 6. The largest absolute Gasteiger partial charge is 0.353 e. The number of amides is 1. The fourth-order valence-electron chi connectivity index (χ4n) is 5.32. The van der Waals surface area contributed by atoms with Crippen molar-refractivity contribution in [2.75, 3.05) is 50.7 Å². The molecule has 2 aromatic heterocycles. The van der Waals surface area contributed by atoms with Gasteiger partial charge in [-0.3, -0.25) is 14.7 Å². The first-order valence-electron chi connectivity index (χ1n) is 12.7. The van der Waals surface area contributed by atoms with Crippen LogP contribution in [0.25, 0.3) is 11.3 Å². The normalized spacial score (nSPS) is 20.6. The molecule has 1 saturated carbocycles. The van der Waals surface area contributed by atoms with Crippen LogP contribution in [0.1, 0.15) is 44.9 Å². The zero-order valence-electron chi connectivity index (χ0n) is 19.6. The van der Waals surface area contributed by atoms with Gasteiger partial charge in [-0.2, -0.15) is 0 Å². The lowest BCUT2D eigenvalue weighted by Gasteiger charge is -2.37. The van der Waals surface area contributed by atoms with Crippen LogP contribution < -0.4 is 4.90 Å². The first-order chi connectivity index (χ1) is 16.2. The minimum Gasteiger partial charge on any atom is -0.353 e.